The average molecular weight is 281 g/mol. The third-order valence-corrected chi connectivity index (χ3v) is 3.37. The second-order valence-electron chi connectivity index (χ2n) is 4.87. The molecule has 0 aliphatic heterocycles. The predicted octanol–water partition coefficient (Wildman–Crippen LogP) is 4.37. The van der Waals surface area contributed by atoms with E-state index in [1.165, 1.54) is 12.7 Å². The van der Waals surface area contributed by atoms with Gasteiger partial charge in [0.15, 0.2) is 0 Å². The van der Waals surface area contributed by atoms with E-state index in [0.717, 1.165) is 6.42 Å². The van der Waals surface area contributed by atoms with E-state index < -0.39 is 0 Å². The van der Waals surface area contributed by atoms with Gasteiger partial charge in [0.25, 0.3) is 0 Å². The molecule has 0 bridgehead atoms. The lowest BCUT2D eigenvalue weighted by atomic mass is 9.99. The highest BCUT2D eigenvalue weighted by atomic mass is 16.5. The first-order valence-corrected chi connectivity index (χ1v) is 6.97. The van der Waals surface area contributed by atoms with Gasteiger partial charge in [-0.3, -0.25) is 4.99 Å². The highest BCUT2D eigenvalue weighted by Crippen LogP contribution is 2.21. The minimum Gasteiger partial charge on any atom is -0.465 e. The number of rotatable bonds is 5. The maximum atomic E-state index is 11.7. The Bertz CT molecular complexity index is 620. The molecule has 1 unspecified atom stereocenters. The third-order valence-electron chi connectivity index (χ3n) is 3.37. The lowest BCUT2D eigenvalue weighted by Crippen LogP contribution is -2.01. The van der Waals surface area contributed by atoms with E-state index >= 15 is 0 Å². The SMILES string of the molecule is COC(=O)c1ccccc1N=CCC(C)c1ccccc1. The molecule has 0 spiro atoms. The summed E-state index contributed by atoms with van der Waals surface area (Å²) >= 11 is 0. The highest BCUT2D eigenvalue weighted by molar-refractivity contribution is 5.95. The molecule has 3 heteroatoms. The van der Waals surface area contributed by atoms with E-state index in [9.17, 15) is 4.79 Å². The van der Waals surface area contributed by atoms with E-state index in [1.54, 1.807) is 12.1 Å². The Morgan fingerprint density at radius 3 is 2.52 bits per heavy atom. The van der Waals surface area contributed by atoms with Gasteiger partial charge in [-0.2, -0.15) is 0 Å². The number of aliphatic imine (C=N–C) groups is 1. The van der Waals surface area contributed by atoms with E-state index in [4.69, 9.17) is 4.74 Å². The van der Waals surface area contributed by atoms with Gasteiger partial charge in [-0.25, -0.2) is 4.79 Å². The van der Waals surface area contributed by atoms with Crippen LogP contribution < -0.4 is 0 Å². The highest BCUT2D eigenvalue weighted by Gasteiger charge is 2.09. The molecule has 0 amide bonds. The number of hydrogen-bond donors (Lipinski definition) is 0. The Hall–Kier alpha value is -2.42. The van der Waals surface area contributed by atoms with Gasteiger partial charge >= 0.3 is 5.97 Å². The van der Waals surface area contributed by atoms with E-state index in [2.05, 4.69) is 24.0 Å². The summed E-state index contributed by atoms with van der Waals surface area (Å²) in [7, 11) is 1.38. The van der Waals surface area contributed by atoms with Crippen LogP contribution in [0.3, 0.4) is 0 Å². The number of nitrogens with zero attached hydrogens (tertiary/aromatic N) is 1. The second-order valence-corrected chi connectivity index (χ2v) is 4.87. The second kappa shape index (κ2) is 7.39. The lowest BCUT2D eigenvalue weighted by molar-refractivity contribution is 0.0601. The molecule has 0 aromatic heterocycles. The van der Waals surface area contributed by atoms with Gasteiger partial charge in [-0.05, 0) is 30.0 Å². The molecule has 0 aliphatic carbocycles. The third kappa shape index (κ3) is 4.02. The molecule has 108 valence electrons. The zero-order valence-electron chi connectivity index (χ0n) is 12.3. The summed E-state index contributed by atoms with van der Waals surface area (Å²) in [5, 5.41) is 0. The first-order chi connectivity index (χ1) is 10.2. The number of benzene rings is 2. The molecule has 0 N–H and O–H groups in total. The molecule has 0 radical (unpaired) electrons. The van der Waals surface area contributed by atoms with E-state index in [0.29, 0.717) is 17.2 Å². The number of esters is 1. The number of carbonyl (C=O) groups excluding carboxylic acids is 1. The van der Waals surface area contributed by atoms with E-state index in [1.807, 2.05) is 36.5 Å². The molecule has 2 rings (SSSR count). The van der Waals surface area contributed by atoms with E-state index in [-0.39, 0.29) is 5.97 Å². The van der Waals surface area contributed by atoms with Crippen LogP contribution in [0.25, 0.3) is 0 Å². The molecule has 0 saturated heterocycles. The summed E-state index contributed by atoms with van der Waals surface area (Å²) < 4.78 is 4.76. The van der Waals surface area contributed by atoms with Gasteiger partial charge in [-0.15, -0.1) is 0 Å². The summed E-state index contributed by atoms with van der Waals surface area (Å²) in [4.78, 5) is 16.1. The van der Waals surface area contributed by atoms with Crippen molar-refractivity contribution in [3.05, 3.63) is 65.7 Å². The molecule has 21 heavy (non-hydrogen) atoms. The average Bonchev–Trinajstić information content (AvgIpc) is 2.55. The Balaban J connectivity index is 2.07. The normalized spacial score (nSPS) is 12.3. The summed E-state index contributed by atoms with van der Waals surface area (Å²) in [6.45, 7) is 2.16. The number of ether oxygens (including phenoxy) is 1. The van der Waals surface area contributed by atoms with Crippen molar-refractivity contribution < 1.29 is 9.53 Å². The van der Waals surface area contributed by atoms with Gasteiger partial charge in [0.05, 0.1) is 18.4 Å². The summed E-state index contributed by atoms with van der Waals surface area (Å²) in [5.74, 6) is 0.0269. The number of carbonyl (C=O) groups is 1. The standard InChI is InChI=1S/C18H19NO2/c1-14(15-8-4-3-5-9-15)12-13-19-17-11-7-6-10-16(17)18(20)21-2/h3-11,13-14H,12H2,1-2H3. The van der Waals surface area contributed by atoms with Gasteiger partial charge in [0.2, 0.25) is 0 Å². The van der Waals surface area contributed by atoms with Crippen molar-refractivity contribution >= 4 is 17.9 Å². The molecular weight excluding hydrogens is 262 g/mol. The van der Waals surface area contributed by atoms with Crippen molar-refractivity contribution in [2.75, 3.05) is 7.11 Å². The van der Waals surface area contributed by atoms with Gasteiger partial charge in [-0.1, -0.05) is 49.4 Å². The minimum atomic E-state index is -0.362. The number of para-hydroxylation sites is 1. The molecule has 2 aromatic carbocycles. The predicted molar refractivity (Wildman–Crippen MR) is 85.4 cm³/mol. The summed E-state index contributed by atoms with van der Waals surface area (Å²) in [5.41, 5.74) is 2.42. The summed E-state index contributed by atoms with van der Waals surface area (Å²) in [6.07, 6.45) is 2.68. The van der Waals surface area contributed by atoms with Crippen molar-refractivity contribution in [2.24, 2.45) is 4.99 Å². The van der Waals surface area contributed by atoms with Gasteiger partial charge < -0.3 is 4.74 Å². The Labute approximate surface area is 125 Å². The van der Waals surface area contributed by atoms with Crippen LogP contribution in [0.5, 0.6) is 0 Å². The number of hydrogen-bond acceptors (Lipinski definition) is 3. The molecule has 0 aliphatic rings. The Morgan fingerprint density at radius 2 is 1.81 bits per heavy atom. The van der Waals surface area contributed by atoms with Crippen LogP contribution in [0.4, 0.5) is 5.69 Å². The van der Waals surface area contributed by atoms with Crippen molar-refractivity contribution in [2.45, 2.75) is 19.3 Å². The molecule has 3 nitrogen and oxygen atoms in total. The smallest absolute Gasteiger partial charge is 0.340 e. The van der Waals surface area contributed by atoms with Crippen molar-refractivity contribution in [3.8, 4) is 0 Å². The first kappa shape index (κ1) is 15.0. The Kier molecular flexibility index (Phi) is 5.27. The molecular formula is C18H19NO2. The Morgan fingerprint density at radius 1 is 1.14 bits per heavy atom. The zero-order chi connectivity index (χ0) is 15.1. The molecule has 2 aromatic rings. The minimum absolute atomic E-state index is 0.362. The fraction of sp³-hybridized carbons (Fsp3) is 0.222. The van der Waals surface area contributed by atoms with Gasteiger partial charge in [0.1, 0.15) is 0 Å². The van der Waals surface area contributed by atoms with Crippen LogP contribution in [0.2, 0.25) is 0 Å². The van der Waals surface area contributed by atoms with Crippen molar-refractivity contribution in [1.82, 2.24) is 0 Å². The van der Waals surface area contributed by atoms with Crippen LogP contribution in [-0.4, -0.2) is 19.3 Å². The van der Waals surface area contributed by atoms with Crippen molar-refractivity contribution in [3.63, 3.8) is 0 Å². The maximum Gasteiger partial charge on any atom is 0.340 e. The van der Waals surface area contributed by atoms with Crippen LogP contribution in [0.1, 0.15) is 35.2 Å². The molecule has 0 saturated carbocycles. The monoisotopic (exact) mass is 281 g/mol. The fourth-order valence-corrected chi connectivity index (χ4v) is 2.10. The first-order valence-electron chi connectivity index (χ1n) is 6.97. The summed E-state index contributed by atoms with van der Waals surface area (Å²) in [6, 6.07) is 17.5. The molecule has 0 heterocycles. The maximum absolute atomic E-state index is 11.7. The van der Waals surface area contributed by atoms with Crippen LogP contribution in [0, 0.1) is 0 Å². The van der Waals surface area contributed by atoms with Crippen molar-refractivity contribution in [1.29, 1.82) is 0 Å². The topological polar surface area (TPSA) is 38.7 Å². The molecule has 1 atom stereocenters. The van der Waals surface area contributed by atoms with Crippen LogP contribution in [-0.2, 0) is 4.74 Å². The fourth-order valence-electron chi connectivity index (χ4n) is 2.10. The molecule has 0 fully saturated rings. The van der Waals surface area contributed by atoms with Crippen LogP contribution in [0.15, 0.2) is 59.6 Å². The quantitative estimate of drug-likeness (QED) is 0.603. The zero-order valence-corrected chi connectivity index (χ0v) is 12.3. The number of methoxy groups -OCH3 is 1. The van der Waals surface area contributed by atoms with Crippen LogP contribution >= 0.6 is 0 Å². The van der Waals surface area contributed by atoms with Gasteiger partial charge in [0, 0.05) is 6.21 Å². The largest absolute Gasteiger partial charge is 0.465 e. The lowest BCUT2D eigenvalue weighted by Gasteiger charge is -2.08.